The summed E-state index contributed by atoms with van der Waals surface area (Å²) in [6.45, 7) is 5.40. The molecule has 6 nitrogen and oxygen atoms in total. The number of benzene rings is 1. The lowest BCUT2D eigenvalue weighted by Gasteiger charge is -2.31. The van der Waals surface area contributed by atoms with E-state index in [1.807, 2.05) is 13.1 Å². The minimum absolute atomic E-state index is 0.466. The smallest absolute Gasteiger partial charge is 0.193 e. The standard InChI is InChI=1S/C21H34N4O2/c1-22-21(23-13-16-6-5-8-24(2)14-16)25-9-7-17(15-25)18-10-19(26-3)12-20(11-18)27-4/h10-12,16-17H,5-9,13-15H2,1-4H3,(H,22,23). The molecular weight excluding hydrogens is 340 g/mol. The third kappa shape index (κ3) is 5.06. The molecule has 2 aliphatic rings. The highest BCUT2D eigenvalue weighted by atomic mass is 16.5. The van der Waals surface area contributed by atoms with E-state index in [1.54, 1.807) is 14.2 Å². The van der Waals surface area contributed by atoms with Crippen LogP contribution in [-0.4, -0.2) is 76.8 Å². The molecule has 1 aromatic rings. The Morgan fingerprint density at radius 3 is 2.48 bits per heavy atom. The molecule has 0 saturated carbocycles. The molecule has 2 saturated heterocycles. The molecule has 0 amide bonds. The number of nitrogens with zero attached hydrogens (tertiary/aromatic N) is 3. The molecule has 0 bridgehead atoms. The normalized spacial score (nSPS) is 24.1. The van der Waals surface area contributed by atoms with Gasteiger partial charge in [0.2, 0.25) is 0 Å². The SMILES string of the molecule is CN=C(NCC1CCCN(C)C1)N1CCC(c2cc(OC)cc(OC)c2)C1. The van der Waals surface area contributed by atoms with Gasteiger partial charge in [-0.15, -0.1) is 0 Å². The van der Waals surface area contributed by atoms with E-state index in [9.17, 15) is 0 Å². The molecule has 2 heterocycles. The maximum Gasteiger partial charge on any atom is 0.193 e. The van der Waals surface area contributed by atoms with Crippen LogP contribution in [0.25, 0.3) is 0 Å². The molecular formula is C21H34N4O2. The van der Waals surface area contributed by atoms with Crippen LogP contribution in [0.2, 0.25) is 0 Å². The number of hydrogen-bond acceptors (Lipinski definition) is 4. The van der Waals surface area contributed by atoms with Gasteiger partial charge in [0, 0.05) is 45.2 Å². The van der Waals surface area contributed by atoms with Gasteiger partial charge in [0.05, 0.1) is 14.2 Å². The van der Waals surface area contributed by atoms with Crippen LogP contribution in [0.5, 0.6) is 11.5 Å². The van der Waals surface area contributed by atoms with E-state index in [0.29, 0.717) is 11.8 Å². The Morgan fingerprint density at radius 1 is 1.11 bits per heavy atom. The van der Waals surface area contributed by atoms with Gasteiger partial charge in [-0.3, -0.25) is 4.99 Å². The molecule has 0 aromatic heterocycles. The molecule has 3 rings (SSSR count). The van der Waals surface area contributed by atoms with E-state index in [0.717, 1.165) is 43.5 Å². The van der Waals surface area contributed by atoms with Crippen molar-refractivity contribution in [3.05, 3.63) is 23.8 Å². The highest BCUT2D eigenvalue weighted by Crippen LogP contribution is 2.32. The first-order valence-corrected chi connectivity index (χ1v) is 10.00. The summed E-state index contributed by atoms with van der Waals surface area (Å²) in [5.74, 6) is 3.91. The van der Waals surface area contributed by atoms with E-state index >= 15 is 0 Å². The monoisotopic (exact) mass is 374 g/mol. The first-order valence-electron chi connectivity index (χ1n) is 10.00. The summed E-state index contributed by atoms with van der Waals surface area (Å²) in [5.41, 5.74) is 1.28. The lowest BCUT2D eigenvalue weighted by Crippen LogP contribution is -2.44. The quantitative estimate of drug-likeness (QED) is 0.634. The molecule has 2 atom stereocenters. The Kier molecular flexibility index (Phi) is 6.83. The number of hydrogen-bond donors (Lipinski definition) is 1. The van der Waals surface area contributed by atoms with Gasteiger partial charge in [-0.1, -0.05) is 0 Å². The molecule has 2 unspecified atom stereocenters. The van der Waals surface area contributed by atoms with Crippen molar-refractivity contribution in [3.8, 4) is 11.5 Å². The molecule has 27 heavy (non-hydrogen) atoms. The lowest BCUT2D eigenvalue weighted by molar-refractivity contribution is 0.209. The molecule has 0 aliphatic carbocycles. The van der Waals surface area contributed by atoms with Crippen molar-refractivity contribution in [2.24, 2.45) is 10.9 Å². The highest BCUT2D eigenvalue weighted by molar-refractivity contribution is 5.80. The minimum atomic E-state index is 0.466. The topological polar surface area (TPSA) is 49.3 Å². The molecule has 150 valence electrons. The summed E-state index contributed by atoms with van der Waals surface area (Å²) >= 11 is 0. The van der Waals surface area contributed by atoms with E-state index < -0.39 is 0 Å². The summed E-state index contributed by atoms with van der Waals surface area (Å²) in [5, 5.41) is 3.62. The number of aliphatic imine (C=N–C) groups is 1. The number of rotatable bonds is 5. The van der Waals surface area contributed by atoms with Gasteiger partial charge in [-0.25, -0.2) is 0 Å². The zero-order valence-electron chi connectivity index (χ0n) is 17.2. The summed E-state index contributed by atoms with van der Waals surface area (Å²) in [6, 6.07) is 6.19. The van der Waals surface area contributed by atoms with Crippen molar-refractivity contribution in [1.29, 1.82) is 0 Å². The number of guanidine groups is 1. The second-order valence-electron chi connectivity index (χ2n) is 7.78. The molecule has 1 N–H and O–H groups in total. The van der Waals surface area contributed by atoms with Gasteiger partial charge in [-0.2, -0.15) is 0 Å². The number of nitrogens with one attached hydrogen (secondary N) is 1. The molecule has 0 radical (unpaired) electrons. The van der Waals surface area contributed by atoms with Crippen molar-refractivity contribution in [1.82, 2.24) is 15.1 Å². The number of likely N-dealkylation sites (tertiary alicyclic amines) is 2. The van der Waals surface area contributed by atoms with Crippen LogP contribution in [0.1, 0.15) is 30.7 Å². The highest BCUT2D eigenvalue weighted by Gasteiger charge is 2.27. The second-order valence-corrected chi connectivity index (χ2v) is 7.78. The lowest BCUT2D eigenvalue weighted by atomic mass is 9.98. The van der Waals surface area contributed by atoms with Crippen LogP contribution < -0.4 is 14.8 Å². The molecule has 2 aliphatic heterocycles. The Bertz CT molecular complexity index is 627. The van der Waals surface area contributed by atoms with Gasteiger partial charge in [0.15, 0.2) is 5.96 Å². The summed E-state index contributed by atoms with van der Waals surface area (Å²) in [6.07, 6.45) is 3.72. The number of methoxy groups -OCH3 is 2. The van der Waals surface area contributed by atoms with Crippen LogP contribution in [0, 0.1) is 5.92 Å². The van der Waals surface area contributed by atoms with Crippen LogP contribution in [0.4, 0.5) is 0 Å². The molecule has 0 spiro atoms. The zero-order valence-corrected chi connectivity index (χ0v) is 17.2. The predicted molar refractivity (Wildman–Crippen MR) is 110 cm³/mol. The average Bonchev–Trinajstić information content (AvgIpc) is 3.18. The van der Waals surface area contributed by atoms with Crippen LogP contribution in [0.15, 0.2) is 23.2 Å². The van der Waals surface area contributed by atoms with Crippen LogP contribution in [0.3, 0.4) is 0 Å². The first kappa shape index (κ1) is 19.8. The average molecular weight is 375 g/mol. The Balaban J connectivity index is 1.59. The molecule has 1 aromatic carbocycles. The van der Waals surface area contributed by atoms with E-state index in [1.165, 1.54) is 31.5 Å². The Morgan fingerprint density at radius 2 is 1.85 bits per heavy atom. The van der Waals surface area contributed by atoms with Gasteiger partial charge in [0.1, 0.15) is 11.5 Å². The van der Waals surface area contributed by atoms with Crippen molar-refractivity contribution >= 4 is 5.96 Å². The van der Waals surface area contributed by atoms with Crippen LogP contribution in [-0.2, 0) is 0 Å². The van der Waals surface area contributed by atoms with Crippen LogP contribution >= 0.6 is 0 Å². The predicted octanol–water partition coefficient (Wildman–Crippen LogP) is 2.41. The third-order valence-electron chi connectivity index (χ3n) is 5.82. The molecule has 6 heteroatoms. The number of ether oxygens (including phenoxy) is 2. The Labute approximate surface area is 163 Å². The van der Waals surface area contributed by atoms with E-state index in [4.69, 9.17) is 9.47 Å². The maximum atomic E-state index is 5.43. The van der Waals surface area contributed by atoms with Gasteiger partial charge in [0.25, 0.3) is 0 Å². The van der Waals surface area contributed by atoms with Crippen molar-refractivity contribution < 1.29 is 9.47 Å². The van der Waals surface area contributed by atoms with Gasteiger partial charge >= 0.3 is 0 Å². The maximum absolute atomic E-state index is 5.43. The fourth-order valence-electron chi connectivity index (χ4n) is 4.30. The minimum Gasteiger partial charge on any atom is -0.497 e. The summed E-state index contributed by atoms with van der Waals surface area (Å²) in [7, 11) is 7.51. The van der Waals surface area contributed by atoms with Crippen molar-refractivity contribution in [2.75, 3.05) is 61.0 Å². The van der Waals surface area contributed by atoms with Gasteiger partial charge < -0.3 is 24.6 Å². The van der Waals surface area contributed by atoms with Gasteiger partial charge in [-0.05, 0) is 56.5 Å². The third-order valence-corrected chi connectivity index (χ3v) is 5.82. The zero-order chi connectivity index (χ0) is 19.2. The van der Waals surface area contributed by atoms with E-state index in [2.05, 4.69) is 39.3 Å². The second kappa shape index (κ2) is 9.31. The van der Waals surface area contributed by atoms with Crippen molar-refractivity contribution in [2.45, 2.75) is 25.2 Å². The number of piperidine rings is 1. The molecule has 2 fully saturated rings. The van der Waals surface area contributed by atoms with Crippen molar-refractivity contribution in [3.63, 3.8) is 0 Å². The van der Waals surface area contributed by atoms with E-state index in [-0.39, 0.29) is 0 Å². The largest absolute Gasteiger partial charge is 0.497 e. The first-order chi connectivity index (χ1) is 13.1. The summed E-state index contributed by atoms with van der Waals surface area (Å²) < 4.78 is 10.9. The Hall–Kier alpha value is -1.95. The summed E-state index contributed by atoms with van der Waals surface area (Å²) in [4.78, 5) is 9.35. The fraction of sp³-hybridized carbons (Fsp3) is 0.667. The fourth-order valence-corrected chi connectivity index (χ4v) is 4.30.